The van der Waals surface area contributed by atoms with Crippen LogP contribution < -0.4 is 0 Å². The van der Waals surface area contributed by atoms with Crippen LogP contribution in [0.1, 0.15) is 25.5 Å². The Morgan fingerprint density at radius 1 is 1.10 bits per heavy atom. The summed E-state index contributed by atoms with van der Waals surface area (Å²) in [5, 5.41) is 9.66. The first-order valence-corrected chi connectivity index (χ1v) is 7.43. The summed E-state index contributed by atoms with van der Waals surface area (Å²) in [7, 11) is 0. The van der Waals surface area contributed by atoms with Gasteiger partial charge < -0.3 is 10.0 Å². The lowest BCUT2D eigenvalue weighted by atomic mass is 10.0. The van der Waals surface area contributed by atoms with Crippen LogP contribution >= 0.6 is 0 Å². The molecule has 3 nitrogen and oxygen atoms in total. The Morgan fingerprint density at radius 3 is 2.20 bits per heavy atom. The van der Waals surface area contributed by atoms with E-state index in [9.17, 15) is 9.50 Å². The summed E-state index contributed by atoms with van der Waals surface area (Å²) >= 11 is 0. The van der Waals surface area contributed by atoms with Crippen molar-refractivity contribution in [2.75, 3.05) is 39.3 Å². The molecule has 0 bridgehead atoms. The molecule has 1 unspecified atom stereocenters. The molecule has 0 radical (unpaired) electrons. The topological polar surface area (TPSA) is 26.7 Å². The first-order chi connectivity index (χ1) is 9.60. The maximum Gasteiger partial charge on any atom is 0.123 e. The normalized spacial score (nSPS) is 19.4. The van der Waals surface area contributed by atoms with Gasteiger partial charge in [0, 0.05) is 32.7 Å². The van der Waals surface area contributed by atoms with Gasteiger partial charge in [-0.2, -0.15) is 0 Å². The summed E-state index contributed by atoms with van der Waals surface area (Å²) in [4.78, 5) is 4.77. The van der Waals surface area contributed by atoms with E-state index in [2.05, 4.69) is 23.6 Å². The van der Waals surface area contributed by atoms with E-state index in [0.29, 0.717) is 5.92 Å². The number of nitrogens with zero attached hydrogens (tertiary/aromatic N) is 2. The lowest BCUT2D eigenvalue weighted by Gasteiger charge is -2.39. The largest absolute Gasteiger partial charge is 0.394 e. The summed E-state index contributed by atoms with van der Waals surface area (Å²) in [6.07, 6.45) is 0. The van der Waals surface area contributed by atoms with Gasteiger partial charge in [-0.3, -0.25) is 4.90 Å². The lowest BCUT2D eigenvalue weighted by Crippen LogP contribution is -2.49. The van der Waals surface area contributed by atoms with Gasteiger partial charge >= 0.3 is 0 Å². The van der Waals surface area contributed by atoms with Gasteiger partial charge in [0.1, 0.15) is 5.82 Å². The minimum atomic E-state index is -0.229. The molecule has 1 fully saturated rings. The second-order valence-corrected chi connectivity index (χ2v) is 5.98. The Balaban J connectivity index is 1.95. The molecular formula is C16H25FN2O. The molecule has 1 saturated heterocycles. The highest BCUT2D eigenvalue weighted by atomic mass is 19.1. The number of hydrogen-bond donors (Lipinski definition) is 1. The van der Waals surface area contributed by atoms with Gasteiger partial charge in [-0.25, -0.2) is 4.39 Å². The molecule has 0 aromatic heterocycles. The average Bonchev–Trinajstić information content (AvgIpc) is 2.43. The van der Waals surface area contributed by atoms with Crippen molar-refractivity contribution < 1.29 is 9.50 Å². The van der Waals surface area contributed by atoms with Crippen LogP contribution in [0.2, 0.25) is 0 Å². The van der Waals surface area contributed by atoms with Crippen LogP contribution in [0.3, 0.4) is 0 Å². The summed E-state index contributed by atoms with van der Waals surface area (Å²) in [6.45, 7) is 9.67. The molecule has 1 heterocycles. The first kappa shape index (κ1) is 15.4. The van der Waals surface area contributed by atoms with Gasteiger partial charge in [-0.1, -0.05) is 26.0 Å². The van der Waals surface area contributed by atoms with Crippen molar-refractivity contribution in [1.29, 1.82) is 0 Å². The third kappa shape index (κ3) is 4.01. The Kier molecular flexibility index (Phi) is 5.52. The highest BCUT2D eigenvalue weighted by molar-refractivity contribution is 5.20. The highest BCUT2D eigenvalue weighted by Crippen LogP contribution is 2.22. The van der Waals surface area contributed by atoms with Crippen LogP contribution in [0.25, 0.3) is 0 Å². The van der Waals surface area contributed by atoms with Gasteiger partial charge in [-0.05, 0) is 23.6 Å². The smallest absolute Gasteiger partial charge is 0.123 e. The van der Waals surface area contributed by atoms with Crippen molar-refractivity contribution >= 4 is 0 Å². The predicted molar refractivity (Wildman–Crippen MR) is 79.1 cm³/mol. The molecule has 1 aliphatic heterocycles. The maximum atomic E-state index is 13.0. The predicted octanol–water partition coefficient (Wildman–Crippen LogP) is 2.13. The van der Waals surface area contributed by atoms with E-state index >= 15 is 0 Å². The van der Waals surface area contributed by atoms with Crippen LogP contribution in [0.4, 0.5) is 4.39 Å². The summed E-state index contributed by atoms with van der Waals surface area (Å²) in [5.41, 5.74) is 0.992. The molecule has 2 rings (SSSR count). The zero-order chi connectivity index (χ0) is 14.5. The number of aliphatic hydroxyl groups excluding tert-OH is 1. The van der Waals surface area contributed by atoms with E-state index in [0.717, 1.165) is 38.3 Å². The van der Waals surface area contributed by atoms with Crippen LogP contribution in [0.5, 0.6) is 0 Å². The van der Waals surface area contributed by atoms with Crippen molar-refractivity contribution in [2.24, 2.45) is 5.92 Å². The Morgan fingerprint density at radius 2 is 1.70 bits per heavy atom. The Bertz CT molecular complexity index is 399. The van der Waals surface area contributed by atoms with Crippen molar-refractivity contribution in [1.82, 2.24) is 9.80 Å². The molecular weight excluding hydrogens is 255 g/mol. The maximum absolute atomic E-state index is 13.0. The number of hydrogen-bond acceptors (Lipinski definition) is 3. The summed E-state index contributed by atoms with van der Waals surface area (Å²) in [6, 6.07) is 6.46. The molecule has 1 aliphatic rings. The van der Waals surface area contributed by atoms with Crippen molar-refractivity contribution in [3.63, 3.8) is 0 Å². The Labute approximate surface area is 121 Å². The van der Waals surface area contributed by atoms with E-state index in [-0.39, 0.29) is 18.5 Å². The fraction of sp³-hybridized carbons (Fsp3) is 0.625. The fourth-order valence-electron chi connectivity index (χ4n) is 2.89. The number of piperazine rings is 1. The molecule has 0 aliphatic carbocycles. The van der Waals surface area contributed by atoms with E-state index < -0.39 is 0 Å². The van der Waals surface area contributed by atoms with E-state index in [1.165, 1.54) is 12.1 Å². The molecule has 0 saturated carbocycles. The highest BCUT2D eigenvalue weighted by Gasteiger charge is 2.24. The quantitative estimate of drug-likeness (QED) is 0.895. The molecule has 1 aromatic carbocycles. The van der Waals surface area contributed by atoms with E-state index in [1.54, 1.807) is 12.1 Å². The molecule has 112 valence electrons. The van der Waals surface area contributed by atoms with Crippen LogP contribution in [0.15, 0.2) is 24.3 Å². The van der Waals surface area contributed by atoms with Gasteiger partial charge in [0.25, 0.3) is 0 Å². The minimum Gasteiger partial charge on any atom is -0.394 e. The van der Waals surface area contributed by atoms with Crippen LogP contribution in [0, 0.1) is 11.7 Å². The summed E-state index contributed by atoms with van der Waals surface area (Å²) < 4.78 is 13.0. The monoisotopic (exact) mass is 280 g/mol. The second-order valence-electron chi connectivity index (χ2n) is 5.98. The molecule has 1 atom stereocenters. The van der Waals surface area contributed by atoms with Gasteiger partial charge in [0.15, 0.2) is 0 Å². The van der Waals surface area contributed by atoms with Gasteiger partial charge in [0.05, 0.1) is 12.6 Å². The number of benzene rings is 1. The third-order valence-electron chi connectivity index (χ3n) is 3.90. The molecule has 1 N–H and O–H groups in total. The molecule has 0 spiro atoms. The van der Waals surface area contributed by atoms with E-state index in [1.807, 2.05) is 0 Å². The van der Waals surface area contributed by atoms with Crippen molar-refractivity contribution in [2.45, 2.75) is 19.9 Å². The molecule has 20 heavy (non-hydrogen) atoms. The SMILES string of the molecule is CC(C)CN1CCN(C(CO)c2ccc(F)cc2)CC1. The summed E-state index contributed by atoms with van der Waals surface area (Å²) in [5.74, 6) is 0.458. The zero-order valence-electron chi connectivity index (χ0n) is 12.4. The standard InChI is InChI=1S/C16H25FN2O/c1-13(2)11-18-7-9-19(10-8-18)16(12-20)14-3-5-15(17)6-4-14/h3-6,13,16,20H,7-12H2,1-2H3. The number of halogens is 1. The van der Waals surface area contributed by atoms with Crippen LogP contribution in [-0.2, 0) is 0 Å². The fourth-order valence-corrected chi connectivity index (χ4v) is 2.89. The molecule has 0 amide bonds. The van der Waals surface area contributed by atoms with Crippen molar-refractivity contribution in [3.8, 4) is 0 Å². The molecule has 4 heteroatoms. The minimum absolute atomic E-state index is 0.0169. The van der Waals surface area contributed by atoms with Crippen LogP contribution in [-0.4, -0.2) is 54.2 Å². The van der Waals surface area contributed by atoms with Gasteiger partial charge in [0.2, 0.25) is 0 Å². The average molecular weight is 280 g/mol. The lowest BCUT2D eigenvalue weighted by molar-refractivity contribution is 0.0606. The zero-order valence-corrected chi connectivity index (χ0v) is 12.4. The van der Waals surface area contributed by atoms with Gasteiger partial charge in [-0.15, -0.1) is 0 Å². The first-order valence-electron chi connectivity index (χ1n) is 7.43. The second kappa shape index (κ2) is 7.16. The third-order valence-corrected chi connectivity index (χ3v) is 3.90. The van der Waals surface area contributed by atoms with Crippen molar-refractivity contribution in [3.05, 3.63) is 35.6 Å². The Hall–Kier alpha value is -0.970. The van der Waals surface area contributed by atoms with E-state index in [4.69, 9.17) is 0 Å². The molecule has 1 aromatic rings. The number of rotatable bonds is 5. The number of aliphatic hydroxyl groups is 1.